The van der Waals surface area contributed by atoms with Crippen LogP contribution in [0.3, 0.4) is 0 Å². The molecule has 33 heavy (non-hydrogen) atoms. The summed E-state index contributed by atoms with van der Waals surface area (Å²) in [7, 11) is -8.40. The van der Waals surface area contributed by atoms with Crippen LogP contribution in [-0.4, -0.2) is 13.4 Å². The van der Waals surface area contributed by atoms with E-state index in [1.165, 1.54) is 12.3 Å². The predicted octanol–water partition coefficient (Wildman–Crippen LogP) is 5.41. The predicted molar refractivity (Wildman–Crippen MR) is 125 cm³/mol. The average Bonchev–Trinajstić information content (AvgIpc) is 2.85. The minimum absolute atomic E-state index is 0.211. The van der Waals surface area contributed by atoms with Crippen molar-refractivity contribution in [2.75, 3.05) is 0 Å². The van der Waals surface area contributed by atoms with E-state index in [4.69, 9.17) is 9.05 Å². The molecule has 0 aliphatic heterocycles. The highest BCUT2D eigenvalue weighted by atomic mass is 32.2. The van der Waals surface area contributed by atoms with E-state index in [1.807, 2.05) is 0 Å². The quantitative estimate of drug-likeness (QED) is 0.322. The first-order chi connectivity index (χ1) is 16.0. The SMILES string of the molecule is O=P(Oc1ccccc1)(Oc1ccccc1)C(NS(=O)(=O)c1ccccn1)c1ccccc1. The molecule has 1 N–H and O–H groups in total. The van der Waals surface area contributed by atoms with Crippen molar-refractivity contribution in [3.8, 4) is 11.5 Å². The van der Waals surface area contributed by atoms with Gasteiger partial charge in [-0.15, -0.1) is 0 Å². The maximum Gasteiger partial charge on any atom is 0.453 e. The van der Waals surface area contributed by atoms with Crippen LogP contribution in [-0.2, 0) is 14.6 Å². The lowest BCUT2D eigenvalue weighted by Crippen LogP contribution is -2.31. The maximum absolute atomic E-state index is 14.4. The van der Waals surface area contributed by atoms with E-state index in [2.05, 4.69) is 9.71 Å². The number of hydrogen-bond acceptors (Lipinski definition) is 6. The fraction of sp³-hybridized carbons (Fsp3) is 0.0417. The molecule has 1 atom stereocenters. The summed E-state index contributed by atoms with van der Waals surface area (Å²) in [6.45, 7) is 0. The van der Waals surface area contributed by atoms with Crippen LogP contribution >= 0.6 is 7.60 Å². The van der Waals surface area contributed by atoms with E-state index < -0.39 is 23.4 Å². The van der Waals surface area contributed by atoms with Gasteiger partial charge in [-0.25, -0.2) is 18.0 Å². The van der Waals surface area contributed by atoms with E-state index >= 15 is 0 Å². The Balaban J connectivity index is 1.81. The Hall–Kier alpha value is -3.45. The van der Waals surface area contributed by atoms with Crippen LogP contribution in [0.4, 0.5) is 0 Å². The molecule has 7 nitrogen and oxygen atoms in total. The Labute approximate surface area is 192 Å². The van der Waals surface area contributed by atoms with Crippen LogP contribution in [0.25, 0.3) is 0 Å². The van der Waals surface area contributed by atoms with Gasteiger partial charge in [0, 0.05) is 6.20 Å². The summed E-state index contributed by atoms with van der Waals surface area (Å²) in [5.41, 5.74) is 0.409. The molecule has 0 bridgehead atoms. The van der Waals surface area contributed by atoms with E-state index in [1.54, 1.807) is 103 Å². The Morgan fingerprint density at radius 3 is 1.67 bits per heavy atom. The minimum atomic E-state index is -4.23. The van der Waals surface area contributed by atoms with Gasteiger partial charge in [0.25, 0.3) is 10.0 Å². The first-order valence-corrected chi connectivity index (χ1v) is 13.1. The second-order valence-electron chi connectivity index (χ2n) is 6.95. The van der Waals surface area contributed by atoms with Crippen molar-refractivity contribution < 1.29 is 22.0 Å². The third-order valence-electron chi connectivity index (χ3n) is 4.56. The summed E-state index contributed by atoms with van der Waals surface area (Å²) >= 11 is 0. The highest BCUT2D eigenvalue weighted by Crippen LogP contribution is 2.59. The fourth-order valence-electron chi connectivity index (χ4n) is 3.04. The zero-order valence-corrected chi connectivity index (χ0v) is 19.1. The van der Waals surface area contributed by atoms with Crippen LogP contribution in [0.2, 0.25) is 0 Å². The van der Waals surface area contributed by atoms with Crippen LogP contribution in [0, 0.1) is 0 Å². The van der Waals surface area contributed by atoms with Crippen LogP contribution < -0.4 is 13.8 Å². The van der Waals surface area contributed by atoms with Crippen LogP contribution in [0.15, 0.2) is 120 Å². The van der Waals surface area contributed by atoms with Crippen LogP contribution in [0.1, 0.15) is 11.3 Å². The molecule has 1 unspecified atom stereocenters. The van der Waals surface area contributed by atoms with Crippen molar-refractivity contribution in [3.05, 3.63) is 121 Å². The number of para-hydroxylation sites is 2. The first-order valence-electron chi connectivity index (χ1n) is 10.0. The highest BCUT2D eigenvalue weighted by molar-refractivity contribution is 7.89. The van der Waals surface area contributed by atoms with Gasteiger partial charge in [-0.05, 0) is 42.0 Å². The molecule has 4 rings (SSSR count). The number of pyridine rings is 1. The molecular formula is C24H21N2O5PS. The second-order valence-corrected chi connectivity index (χ2v) is 10.6. The zero-order valence-electron chi connectivity index (χ0n) is 17.4. The third kappa shape index (κ3) is 5.68. The van der Waals surface area contributed by atoms with Gasteiger partial charge in [0.05, 0.1) is 0 Å². The monoisotopic (exact) mass is 480 g/mol. The number of benzene rings is 3. The molecule has 1 aromatic heterocycles. The lowest BCUT2D eigenvalue weighted by atomic mass is 10.2. The van der Waals surface area contributed by atoms with Crippen molar-refractivity contribution in [3.63, 3.8) is 0 Å². The van der Waals surface area contributed by atoms with Gasteiger partial charge in [-0.2, -0.15) is 4.72 Å². The highest BCUT2D eigenvalue weighted by Gasteiger charge is 2.43. The molecule has 4 aromatic rings. The molecule has 3 aromatic carbocycles. The lowest BCUT2D eigenvalue weighted by Gasteiger charge is -2.28. The van der Waals surface area contributed by atoms with Gasteiger partial charge in [-0.3, -0.25) is 0 Å². The largest absolute Gasteiger partial charge is 0.453 e. The summed E-state index contributed by atoms with van der Waals surface area (Å²) in [5, 5.41) is -0.211. The smallest absolute Gasteiger partial charge is 0.415 e. The summed E-state index contributed by atoms with van der Waals surface area (Å²) in [5.74, 6) is -0.810. The van der Waals surface area contributed by atoms with Crippen molar-refractivity contribution in [1.29, 1.82) is 0 Å². The summed E-state index contributed by atoms with van der Waals surface area (Å²) in [6, 6.07) is 30.0. The molecule has 0 aliphatic rings. The summed E-state index contributed by atoms with van der Waals surface area (Å²) < 4.78 is 55.0. The Morgan fingerprint density at radius 1 is 0.697 bits per heavy atom. The van der Waals surface area contributed by atoms with Crippen molar-refractivity contribution in [2.24, 2.45) is 0 Å². The molecule has 0 spiro atoms. The number of hydrogen-bond donors (Lipinski definition) is 1. The van der Waals surface area contributed by atoms with E-state index in [-0.39, 0.29) is 16.5 Å². The van der Waals surface area contributed by atoms with E-state index in [0.29, 0.717) is 5.56 Å². The zero-order chi connectivity index (χ0) is 23.2. The molecule has 168 valence electrons. The van der Waals surface area contributed by atoms with Crippen molar-refractivity contribution >= 4 is 17.6 Å². The van der Waals surface area contributed by atoms with E-state index in [9.17, 15) is 13.0 Å². The van der Waals surface area contributed by atoms with E-state index in [0.717, 1.165) is 0 Å². The third-order valence-corrected chi connectivity index (χ3v) is 8.07. The Morgan fingerprint density at radius 2 is 1.18 bits per heavy atom. The second kappa shape index (κ2) is 10.0. The molecule has 0 amide bonds. The van der Waals surface area contributed by atoms with Gasteiger partial charge >= 0.3 is 7.60 Å². The van der Waals surface area contributed by atoms with Gasteiger partial charge in [0.2, 0.25) is 0 Å². The molecule has 0 saturated carbocycles. The summed E-state index contributed by atoms with van der Waals surface area (Å²) in [4.78, 5) is 3.93. The standard InChI is InChI=1S/C24H21N2O5PS/c27-32(30-21-14-6-2-7-15-21,31-22-16-8-3-9-17-22)24(20-12-4-1-5-13-20)26-33(28,29)23-18-10-11-19-25-23/h1-19,24,26H. The average molecular weight is 480 g/mol. The maximum atomic E-state index is 14.4. The molecular weight excluding hydrogens is 459 g/mol. The summed E-state index contributed by atoms with van der Waals surface area (Å²) in [6.07, 6.45) is 1.37. The van der Waals surface area contributed by atoms with Gasteiger partial charge in [0.15, 0.2) is 10.8 Å². The number of nitrogens with one attached hydrogen (secondary N) is 1. The lowest BCUT2D eigenvalue weighted by molar-refractivity contribution is 0.368. The molecule has 0 radical (unpaired) electrons. The molecule has 0 saturated heterocycles. The Kier molecular flexibility index (Phi) is 6.89. The van der Waals surface area contributed by atoms with Crippen molar-refractivity contribution in [1.82, 2.24) is 9.71 Å². The normalized spacial score (nSPS) is 12.6. The number of rotatable bonds is 9. The molecule has 9 heteroatoms. The molecule has 0 aliphatic carbocycles. The number of sulfonamides is 1. The Bertz CT molecular complexity index is 1280. The van der Waals surface area contributed by atoms with Gasteiger partial charge < -0.3 is 9.05 Å². The molecule has 1 heterocycles. The van der Waals surface area contributed by atoms with Crippen LogP contribution in [0.5, 0.6) is 11.5 Å². The van der Waals surface area contributed by atoms with Gasteiger partial charge in [-0.1, -0.05) is 72.8 Å². The first kappa shape index (κ1) is 22.7. The van der Waals surface area contributed by atoms with Crippen molar-refractivity contribution in [2.45, 2.75) is 10.8 Å². The number of aromatic nitrogens is 1. The topological polar surface area (TPSA) is 94.6 Å². The molecule has 0 fully saturated rings. The fourth-order valence-corrected chi connectivity index (χ4v) is 6.60. The van der Waals surface area contributed by atoms with Gasteiger partial charge in [0.1, 0.15) is 11.5 Å². The number of nitrogens with zero attached hydrogens (tertiary/aromatic N) is 1. The minimum Gasteiger partial charge on any atom is -0.415 e.